The van der Waals surface area contributed by atoms with Crippen LogP contribution < -0.4 is 5.32 Å². The predicted octanol–water partition coefficient (Wildman–Crippen LogP) is 1.58. The molecule has 0 amide bonds. The molecule has 1 aliphatic heterocycles. The monoisotopic (exact) mass is 165 g/mol. The maximum Gasteiger partial charge on any atom is 0.153 e. The normalized spacial score (nSPS) is 17.7. The summed E-state index contributed by atoms with van der Waals surface area (Å²) in [6, 6.07) is 0. The number of rotatable bonds is 2. The fraction of sp³-hybridized carbons (Fsp3) is 0.556. The smallest absolute Gasteiger partial charge is 0.153 e. The Morgan fingerprint density at radius 3 is 3.00 bits per heavy atom. The van der Waals surface area contributed by atoms with Crippen LogP contribution in [0.4, 0.5) is 0 Å². The summed E-state index contributed by atoms with van der Waals surface area (Å²) in [5.41, 5.74) is 1.19. The Balaban J connectivity index is 2.67. The summed E-state index contributed by atoms with van der Waals surface area (Å²) in [5.74, 6) is 1.33. The zero-order valence-electron chi connectivity index (χ0n) is 7.83. The highest BCUT2D eigenvalue weighted by Crippen LogP contribution is 2.08. The van der Waals surface area contributed by atoms with Crippen LogP contribution in [0.15, 0.2) is 21.4 Å². The molecule has 0 spiro atoms. The van der Waals surface area contributed by atoms with E-state index in [4.69, 9.17) is 0 Å². The van der Waals surface area contributed by atoms with Gasteiger partial charge in [-0.3, -0.25) is 0 Å². The molecule has 66 valence electrons. The lowest BCUT2D eigenvalue weighted by molar-refractivity contribution is 0.890. The Kier molecular flexibility index (Phi) is 3.02. The molecule has 3 nitrogen and oxygen atoms in total. The van der Waals surface area contributed by atoms with E-state index in [-0.39, 0.29) is 0 Å². The van der Waals surface area contributed by atoms with Gasteiger partial charge in [0.1, 0.15) is 0 Å². The van der Waals surface area contributed by atoms with E-state index in [1.54, 1.807) is 6.34 Å². The van der Waals surface area contributed by atoms with E-state index in [0.717, 1.165) is 12.4 Å². The van der Waals surface area contributed by atoms with E-state index >= 15 is 0 Å². The summed E-state index contributed by atoms with van der Waals surface area (Å²) in [6.07, 6.45) is 3.61. The van der Waals surface area contributed by atoms with Crippen molar-refractivity contribution in [2.75, 3.05) is 6.54 Å². The first-order valence-electron chi connectivity index (χ1n) is 4.20. The molecule has 0 unspecified atom stereocenters. The van der Waals surface area contributed by atoms with Crippen LogP contribution in [-0.2, 0) is 0 Å². The highest BCUT2D eigenvalue weighted by atomic mass is 15.0. The van der Waals surface area contributed by atoms with Gasteiger partial charge in [0, 0.05) is 12.8 Å². The Labute approximate surface area is 73.3 Å². The molecule has 0 aliphatic carbocycles. The van der Waals surface area contributed by atoms with Crippen molar-refractivity contribution in [3.8, 4) is 0 Å². The van der Waals surface area contributed by atoms with Gasteiger partial charge >= 0.3 is 0 Å². The molecule has 1 heterocycles. The first-order valence-corrected chi connectivity index (χ1v) is 4.20. The lowest BCUT2D eigenvalue weighted by Gasteiger charge is -2.08. The van der Waals surface area contributed by atoms with E-state index in [0.29, 0.717) is 5.92 Å². The zero-order chi connectivity index (χ0) is 8.97. The molecular formula is C9H15N3. The molecule has 0 fully saturated rings. The van der Waals surface area contributed by atoms with Crippen molar-refractivity contribution in [1.82, 2.24) is 5.32 Å². The van der Waals surface area contributed by atoms with Crippen molar-refractivity contribution in [1.29, 1.82) is 0 Å². The molecule has 0 radical (unpaired) electrons. The molecule has 1 rings (SSSR count). The van der Waals surface area contributed by atoms with E-state index in [1.807, 2.05) is 13.1 Å². The second-order valence-corrected chi connectivity index (χ2v) is 3.27. The second-order valence-electron chi connectivity index (χ2n) is 3.27. The van der Waals surface area contributed by atoms with Crippen LogP contribution in [0.1, 0.15) is 20.8 Å². The molecule has 0 aromatic heterocycles. The van der Waals surface area contributed by atoms with Crippen LogP contribution >= 0.6 is 0 Å². The summed E-state index contributed by atoms with van der Waals surface area (Å²) in [4.78, 5) is 8.41. The number of aliphatic imine (C=N–C) groups is 2. The van der Waals surface area contributed by atoms with Crippen molar-refractivity contribution in [3.05, 3.63) is 11.4 Å². The number of nitrogens with zero attached hydrogens (tertiary/aromatic N) is 2. The van der Waals surface area contributed by atoms with Crippen LogP contribution in [0.2, 0.25) is 0 Å². The van der Waals surface area contributed by atoms with Gasteiger partial charge < -0.3 is 5.32 Å². The predicted molar refractivity (Wildman–Crippen MR) is 52.5 cm³/mol. The average molecular weight is 165 g/mol. The minimum absolute atomic E-state index is 0.482. The van der Waals surface area contributed by atoms with Crippen LogP contribution in [-0.4, -0.2) is 19.1 Å². The maximum atomic E-state index is 4.28. The average Bonchev–Trinajstić information content (AvgIpc) is 2.03. The van der Waals surface area contributed by atoms with Gasteiger partial charge in [-0.25, -0.2) is 9.98 Å². The summed E-state index contributed by atoms with van der Waals surface area (Å²) in [5, 5.41) is 3.03. The molecular weight excluding hydrogens is 150 g/mol. The van der Waals surface area contributed by atoms with Crippen LogP contribution in [0.5, 0.6) is 0 Å². The Bertz CT molecular complexity index is 236. The lowest BCUT2D eigenvalue weighted by atomic mass is 10.2. The Morgan fingerprint density at radius 2 is 2.42 bits per heavy atom. The maximum absolute atomic E-state index is 4.28. The summed E-state index contributed by atoms with van der Waals surface area (Å²) in [6.45, 7) is 7.10. The molecule has 1 N–H and O–H groups in total. The van der Waals surface area contributed by atoms with Crippen LogP contribution in [0, 0.1) is 5.92 Å². The third-order valence-electron chi connectivity index (χ3n) is 1.52. The number of hydrogen-bond acceptors (Lipinski definition) is 3. The summed E-state index contributed by atoms with van der Waals surface area (Å²) >= 11 is 0. The molecule has 0 bridgehead atoms. The molecule has 0 aromatic rings. The van der Waals surface area contributed by atoms with Crippen molar-refractivity contribution in [2.45, 2.75) is 20.8 Å². The van der Waals surface area contributed by atoms with Gasteiger partial charge in [0.25, 0.3) is 0 Å². The van der Waals surface area contributed by atoms with Crippen molar-refractivity contribution < 1.29 is 0 Å². The van der Waals surface area contributed by atoms with Gasteiger partial charge in [0.15, 0.2) is 5.82 Å². The standard InChI is InChI=1S/C9H15N3/c1-7(2)4-11-9-8(3)5-10-6-12-9/h4,6-7H,5H2,1-3H3,(H,10,12)/b11-4-. The van der Waals surface area contributed by atoms with Gasteiger partial charge in [0.2, 0.25) is 0 Å². The van der Waals surface area contributed by atoms with Gasteiger partial charge in [-0.15, -0.1) is 0 Å². The molecule has 0 aromatic carbocycles. The van der Waals surface area contributed by atoms with Gasteiger partial charge in [-0.05, 0) is 18.4 Å². The van der Waals surface area contributed by atoms with Crippen LogP contribution in [0.25, 0.3) is 0 Å². The molecule has 3 heteroatoms. The first kappa shape index (κ1) is 8.97. The van der Waals surface area contributed by atoms with Gasteiger partial charge in [0.05, 0.1) is 6.34 Å². The zero-order valence-corrected chi connectivity index (χ0v) is 7.83. The van der Waals surface area contributed by atoms with E-state index in [2.05, 4.69) is 29.1 Å². The summed E-state index contributed by atoms with van der Waals surface area (Å²) < 4.78 is 0. The minimum Gasteiger partial charge on any atom is -0.372 e. The van der Waals surface area contributed by atoms with Gasteiger partial charge in [-0.2, -0.15) is 0 Å². The first-order chi connectivity index (χ1) is 5.70. The topological polar surface area (TPSA) is 36.8 Å². The van der Waals surface area contributed by atoms with Crippen molar-refractivity contribution in [2.24, 2.45) is 15.9 Å². The van der Waals surface area contributed by atoms with E-state index in [9.17, 15) is 0 Å². The molecule has 1 aliphatic rings. The Hall–Kier alpha value is -1.12. The fourth-order valence-electron chi connectivity index (χ4n) is 0.858. The SMILES string of the molecule is CC1=C(/N=C\C(C)C)N=CNC1. The van der Waals surface area contributed by atoms with Crippen molar-refractivity contribution in [3.63, 3.8) is 0 Å². The number of nitrogens with one attached hydrogen (secondary N) is 1. The second kappa shape index (κ2) is 4.04. The molecule has 0 saturated heterocycles. The number of hydrogen-bond donors (Lipinski definition) is 1. The summed E-state index contributed by atoms with van der Waals surface area (Å²) in [7, 11) is 0. The fourth-order valence-corrected chi connectivity index (χ4v) is 0.858. The molecule has 0 atom stereocenters. The van der Waals surface area contributed by atoms with Crippen LogP contribution in [0.3, 0.4) is 0 Å². The minimum atomic E-state index is 0.482. The highest BCUT2D eigenvalue weighted by Gasteiger charge is 2.01. The largest absolute Gasteiger partial charge is 0.372 e. The van der Waals surface area contributed by atoms with Gasteiger partial charge in [-0.1, -0.05) is 13.8 Å². The van der Waals surface area contributed by atoms with E-state index in [1.165, 1.54) is 5.57 Å². The third kappa shape index (κ3) is 2.49. The van der Waals surface area contributed by atoms with Crippen molar-refractivity contribution >= 4 is 12.6 Å². The molecule has 0 saturated carbocycles. The third-order valence-corrected chi connectivity index (χ3v) is 1.52. The Morgan fingerprint density at radius 1 is 1.67 bits per heavy atom. The van der Waals surface area contributed by atoms with E-state index < -0.39 is 0 Å². The molecule has 12 heavy (non-hydrogen) atoms. The highest BCUT2D eigenvalue weighted by molar-refractivity contribution is 5.64. The lowest BCUT2D eigenvalue weighted by Crippen LogP contribution is -2.18. The quantitative estimate of drug-likeness (QED) is 0.620.